The molecule has 152 valence electrons. The van der Waals surface area contributed by atoms with E-state index >= 15 is 0 Å². The molecule has 0 saturated carbocycles. The summed E-state index contributed by atoms with van der Waals surface area (Å²) in [6.45, 7) is 3.50. The largest absolute Gasteiger partial charge is 0.496 e. The summed E-state index contributed by atoms with van der Waals surface area (Å²) in [5, 5.41) is 7.16. The molecule has 1 heterocycles. The molecule has 0 aliphatic carbocycles. The van der Waals surface area contributed by atoms with Crippen molar-refractivity contribution in [3.05, 3.63) is 64.7 Å². The van der Waals surface area contributed by atoms with Gasteiger partial charge in [0.15, 0.2) is 0 Å². The third kappa shape index (κ3) is 6.11. The van der Waals surface area contributed by atoms with E-state index in [1.54, 1.807) is 7.11 Å². The second-order valence-corrected chi connectivity index (χ2v) is 7.09. The zero-order valence-electron chi connectivity index (χ0n) is 16.0. The van der Waals surface area contributed by atoms with Crippen molar-refractivity contribution in [3.63, 3.8) is 0 Å². The fourth-order valence-electron chi connectivity index (χ4n) is 3.46. The maximum absolute atomic E-state index is 12.5. The number of carbonyl (C=O) groups excluding carboxylic acids is 1. The molecule has 2 N–H and O–H groups in total. The Bertz CT molecular complexity index is 773. The average molecular weight is 424 g/mol. The Labute approximate surface area is 177 Å². The van der Waals surface area contributed by atoms with Crippen molar-refractivity contribution in [2.24, 2.45) is 0 Å². The van der Waals surface area contributed by atoms with Crippen LogP contribution in [-0.4, -0.2) is 50.6 Å². The number of amides is 1. The van der Waals surface area contributed by atoms with Crippen molar-refractivity contribution in [1.29, 1.82) is 0 Å². The normalized spacial score (nSPS) is 16.9. The first-order chi connectivity index (χ1) is 13.2. The number of halogens is 2. The molecule has 1 aliphatic heterocycles. The van der Waals surface area contributed by atoms with Crippen molar-refractivity contribution in [2.75, 3.05) is 39.8 Å². The lowest BCUT2D eigenvalue weighted by molar-refractivity contribution is -0.123. The van der Waals surface area contributed by atoms with Crippen molar-refractivity contribution >= 4 is 29.9 Å². The Balaban J connectivity index is 0.00000280. The second-order valence-electron chi connectivity index (χ2n) is 6.66. The van der Waals surface area contributed by atoms with Crippen LogP contribution < -0.4 is 15.4 Å². The van der Waals surface area contributed by atoms with Gasteiger partial charge in [-0.05, 0) is 35.7 Å². The summed E-state index contributed by atoms with van der Waals surface area (Å²) >= 11 is 6.14. The van der Waals surface area contributed by atoms with E-state index in [2.05, 4.69) is 21.6 Å². The first kappa shape index (κ1) is 22.5. The molecule has 0 aromatic heterocycles. The van der Waals surface area contributed by atoms with E-state index in [0.29, 0.717) is 13.1 Å². The highest BCUT2D eigenvalue weighted by molar-refractivity contribution is 6.30. The molecule has 0 bridgehead atoms. The van der Waals surface area contributed by atoms with Crippen LogP contribution in [-0.2, 0) is 11.2 Å². The second kappa shape index (κ2) is 11.3. The average Bonchev–Trinajstić information content (AvgIpc) is 2.69. The van der Waals surface area contributed by atoms with Gasteiger partial charge in [-0.3, -0.25) is 9.69 Å². The van der Waals surface area contributed by atoms with Crippen molar-refractivity contribution < 1.29 is 9.53 Å². The van der Waals surface area contributed by atoms with Crippen LogP contribution >= 0.6 is 24.0 Å². The lowest BCUT2D eigenvalue weighted by Crippen LogP contribution is -2.49. The van der Waals surface area contributed by atoms with Crippen LogP contribution in [0.25, 0.3) is 0 Å². The molecule has 1 fully saturated rings. The van der Waals surface area contributed by atoms with E-state index in [4.69, 9.17) is 16.3 Å². The quantitative estimate of drug-likeness (QED) is 0.718. The molecule has 0 spiro atoms. The number of piperazine rings is 1. The first-order valence-corrected chi connectivity index (χ1v) is 9.64. The minimum atomic E-state index is 0. The summed E-state index contributed by atoms with van der Waals surface area (Å²) in [6.07, 6.45) is 0.745. The lowest BCUT2D eigenvalue weighted by Gasteiger charge is -2.36. The molecule has 7 heteroatoms. The number of nitrogens with zero attached hydrogens (tertiary/aromatic N) is 1. The van der Waals surface area contributed by atoms with Gasteiger partial charge >= 0.3 is 0 Å². The third-order valence-corrected chi connectivity index (χ3v) is 5.08. The Kier molecular flexibility index (Phi) is 9.06. The standard InChI is InChI=1S/C21H26ClN3O2.ClH/c1-27-20-8-3-2-5-16(20)9-10-24-21(26)15-25-12-11-23-14-19(25)17-6-4-7-18(22)13-17;/h2-8,13,19,23H,9-12,14-15H2,1H3,(H,24,26);1H. The molecule has 1 unspecified atom stereocenters. The molecule has 1 aliphatic rings. The highest BCUT2D eigenvalue weighted by Crippen LogP contribution is 2.24. The molecule has 2 aromatic rings. The molecule has 1 atom stereocenters. The van der Waals surface area contributed by atoms with Crippen molar-refractivity contribution in [1.82, 2.24) is 15.5 Å². The maximum Gasteiger partial charge on any atom is 0.234 e. The number of hydrogen-bond acceptors (Lipinski definition) is 4. The van der Waals surface area contributed by atoms with E-state index in [1.807, 2.05) is 42.5 Å². The SMILES string of the molecule is COc1ccccc1CCNC(=O)CN1CCNCC1c1cccc(Cl)c1.Cl. The fourth-order valence-corrected chi connectivity index (χ4v) is 3.66. The molecular weight excluding hydrogens is 397 g/mol. The van der Waals surface area contributed by atoms with Gasteiger partial charge in [0.2, 0.25) is 5.91 Å². The summed E-state index contributed by atoms with van der Waals surface area (Å²) in [4.78, 5) is 14.7. The third-order valence-electron chi connectivity index (χ3n) is 4.84. The predicted octanol–water partition coefficient (Wildman–Crippen LogP) is 3.08. The topological polar surface area (TPSA) is 53.6 Å². The van der Waals surface area contributed by atoms with E-state index in [0.717, 1.165) is 48.0 Å². The monoisotopic (exact) mass is 423 g/mol. The summed E-state index contributed by atoms with van der Waals surface area (Å²) in [7, 11) is 1.66. The van der Waals surface area contributed by atoms with Crippen LogP contribution in [0.15, 0.2) is 48.5 Å². The Morgan fingerprint density at radius 2 is 2.11 bits per heavy atom. The van der Waals surface area contributed by atoms with Gasteiger partial charge in [-0.25, -0.2) is 0 Å². The van der Waals surface area contributed by atoms with E-state index < -0.39 is 0 Å². The molecular formula is C21H27Cl2N3O2. The van der Waals surface area contributed by atoms with Crippen molar-refractivity contribution in [3.8, 4) is 5.75 Å². The van der Waals surface area contributed by atoms with Gasteiger partial charge in [0.05, 0.1) is 13.7 Å². The number of ether oxygens (including phenoxy) is 1. The van der Waals surface area contributed by atoms with Crippen LogP contribution in [0, 0.1) is 0 Å². The molecule has 3 rings (SSSR count). The van der Waals surface area contributed by atoms with Gasteiger partial charge < -0.3 is 15.4 Å². The number of nitrogens with one attached hydrogen (secondary N) is 2. The summed E-state index contributed by atoms with van der Waals surface area (Å²) in [5.74, 6) is 0.897. The molecule has 1 amide bonds. The van der Waals surface area contributed by atoms with Crippen LogP contribution in [0.5, 0.6) is 5.75 Å². The minimum absolute atomic E-state index is 0. The first-order valence-electron chi connectivity index (χ1n) is 9.26. The summed E-state index contributed by atoms with van der Waals surface area (Å²) in [5.41, 5.74) is 2.23. The number of rotatable bonds is 7. The highest BCUT2D eigenvalue weighted by atomic mass is 35.5. The zero-order valence-corrected chi connectivity index (χ0v) is 17.6. The Morgan fingerprint density at radius 3 is 2.89 bits per heavy atom. The van der Waals surface area contributed by atoms with E-state index in [9.17, 15) is 4.79 Å². The minimum Gasteiger partial charge on any atom is -0.496 e. The van der Waals surface area contributed by atoms with Crippen LogP contribution in [0.4, 0.5) is 0 Å². The zero-order chi connectivity index (χ0) is 19.1. The number of carbonyl (C=O) groups is 1. The van der Waals surface area contributed by atoms with E-state index in [-0.39, 0.29) is 24.4 Å². The van der Waals surface area contributed by atoms with E-state index in [1.165, 1.54) is 0 Å². The Morgan fingerprint density at radius 1 is 1.29 bits per heavy atom. The summed E-state index contributed by atoms with van der Waals surface area (Å²) in [6, 6.07) is 15.9. The predicted molar refractivity (Wildman–Crippen MR) is 116 cm³/mol. The van der Waals surface area contributed by atoms with Gasteiger partial charge in [0, 0.05) is 37.2 Å². The molecule has 0 radical (unpaired) electrons. The maximum atomic E-state index is 12.5. The molecule has 5 nitrogen and oxygen atoms in total. The van der Waals surface area contributed by atoms with Crippen LogP contribution in [0.3, 0.4) is 0 Å². The van der Waals surface area contributed by atoms with Crippen LogP contribution in [0.1, 0.15) is 17.2 Å². The highest BCUT2D eigenvalue weighted by Gasteiger charge is 2.25. The lowest BCUT2D eigenvalue weighted by atomic mass is 10.0. The smallest absolute Gasteiger partial charge is 0.234 e. The van der Waals surface area contributed by atoms with Gasteiger partial charge in [-0.1, -0.05) is 41.9 Å². The fraction of sp³-hybridized carbons (Fsp3) is 0.381. The van der Waals surface area contributed by atoms with Gasteiger partial charge in [-0.2, -0.15) is 0 Å². The Hall–Kier alpha value is -1.79. The molecule has 2 aromatic carbocycles. The number of para-hydroxylation sites is 1. The molecule has 28 heavy (non-hydrogen) atoms. The number of benzene rings is 2. The number of methoxy groups -OCH3 is 1. The molecule has 1 saturated heterocycles. The van der Waals surface area contributed by atoms with Gasteiger partial charge in [0.25, 0.3) is 0 Å². The summed E-state index contributed by atoms with van der Waals surface area (Å²) < 4.78 is 5.36. The van der Waals surface area contributed by atoms with Crippen molar-refractivity contribution in [2.45, 2.75) is 12.5 Å². The number of hydrogen-bond donors (Lipinski definition) is 2. The van der Waals surface area contributed by atoms with Gasteiger partial charge in [-0.15, -0.1) is 12.4 Å². The van der Waals surface area contributed by atoms with Crippen LogP contribution in [0.2, 0.25) is 5.02 Å². The van der Waals surface area contributed by atoms with Gasteiger partial charge in [0.1, 0.15) is 5.75 Å².